The molecule has 2 aromatic rings. The fourth-order valence-electron chi connectivity index (χ4n) is 1.65. The molecular formula is C15H14N2O3. The van der Waals surface area contributed by atoms with Crippen LogP contribution in [0.4, 0.5) is 0 Å². The number of rotatable bonds is 4. The zero-order valence-corrected chi connectivity index (χ0v) is 11.2. The van der Waals surface area contributed by atoms with Crippen molar-refractivity contribution in [3.8, 4) is 23.3 Å². The van der Waals surface area contributed by atoms with E-state index in [1.165, 1.54) is 13.3 Å². The van der Waals surface area contributed by atoms with E-state index in [1.807, 2.05) is 6.07 Å². The average molecular weight is 270 g/mol. The van der Waals surface area contributed by atoms with E-state index in [-0.39, 0.29) is 0 Å². The molecule has 1 atom stereocenters. The Morgan fingerprint density at radius 2 is 2.05 bits per heavy atom. The first-order valence-corrected chi connectivity index (χ1v) is 6.04. The first kappa shape index (κ1) is 13.8. The summed E-state index contributed by atoms with van der Waals surface area (Å²) in [7, 11) is 1.51. The van der Waals surface area contributed by atoms with Gasteiger partial charge in [-0.1, -0.05) is 0 Å². The number of methoxy groups -OCH3 is 1. The van der Waals surface area contributed by atoms with Crippen LogP contribution in [-0.2, 0) is 0 Å². The molecule has 0 radical (unpaired) electrons. The summed E-state index contributed by atoms with van der Waals surface area (Å²) in [5.41, 5.74) is 1.07. The lowest BCUT2D eigenvalue weighted by molar-refractivity contribution is 0.194. The number of hydrogen-bond acceptors (Lipinski definition) is 5. The molecule has 1 aromatic carbocycles. The van der Waals surface area contributed by atoms with Crippen LogP contribution in [0.25, 0.3) is 0 Å². The number of pyridine rings is 1. The van der Waals surface area contributed by atoms with Crippen molar-refractivity contribution in [3.63, 3.8) is 0 Å². The minimum Gasteiger partial charge on any atom is -0.493 e. The van der Waals surface area contributed by atoms with E-state index in [2.05, 4.69) is 4.98 Å². The largest absolute Gasteiger partial charge is 0.493 e. The zero-order chi connectivity index (χ0) is 14.5. The summed E-state index contributed by atoms with van der Waals surface area (Å²) in [6, 6.07) is 10.4. The third-order valence-electron chi connectivity index (χ3n) is 2.71. The Morgan fingerprint density at radius 1 is 1.25 bits per heavy atom. The van der Waals surface area contributed by atoms with E-state index in [4.69, 9.17) is 14.7 Å². The van der Waals surface area contributed by atoms with E-state index >= 15 is 0 Å². The van der Waals surface area contributed by atoms with Crippen molar-refractivity contribution in [2.75, 3.05) is 7.11 Å². The zero-order valence-electron chi connectivity index (χ0n) is 11.2. The SMILES string of the molecule is COc1cc(C#N)ccc1Oc1ccc([C@H](C)O)nc1. The number of ether oxygens (including phenoxy) is 2. The van der Waals surface area contributed by atoms with Crippen LogP contribution < -0.4 is 9.47 Å². The van der Waals surface area contributed by atoms with Gasteiger partial charge < -0.3 is 14.6 Å². The quantitative estimate of drug-likeness (QED) is 0.924. The van der Waals surface area contributed by atoms with Crippen LogP contribution in [-0.4, -0.2) is 17.2 Å². The molecule has 0 aliphatic carbocycles. The van der Waals surface area contributed by atoms with Crippen LogP contribution in [0, 0.1) is 11.3 Å². The van der Waals surface area contributed by atoms with Gasteiger partial charge in [0.1, 0.15) is 5.75 Å². The standard InChI is InChI=1S/C15H14N2O3/c1-10(18)13-5-4-12(9-17-13)20-14-6-3-11(8-16)7-15(14)19-2/h3-7,9-10,18H,1-2H3/t10-/m0/s1. The predicted molar refractivity (Wildman–Crippen MR) is 72.7 cm³/mol. The Balaban J connectivity index is 2.23. The Bertz CT molecular complexity index is 631. The maximum absolute atomic E-state index is 9.39. The number of benzene rings is 1. The molecule has 0 bridgehead atoms. The van der Waals surface area contributed by atoms with Crippen molar-refractivity contribution in [3.05, 3.63) is 47.8 Å². The molecule has 0 saturated heterocycles. The van der Waals surface area contributed by atoms with Gasteiger partial charge in [0.2, 0.25) is 0 Å². The minimum atomic E-state index is -0.617. The summed E-state index contributed by atoms with van der Waals surface area (Å²) in [5, 5.41) is 18.2. The predicted octanol–water partition coefficient (Wildman–Crippen LogP) is 2.81. The Labute approximate surface area is 117 Å². The minimum absolute atomic E-state index is 0.476. The van der Waals surface area contributed by atoms with Gasteiger partial charge in [-0.2, -0.15) is 5.26 Å². The van der Waals surface area contributed by atoms with Crippen molar-refractivity contribution < 1.29 is 14.6 Å². The monoisotopic (exact) mass is 270 g/mol. The molecule has 20 heavy (non-hydrogen) atoms. The summed E-state index contributed by atoms with van der Waals surface area (Å²) in [4.78, 5) is 4.10. The number of hydrogen-bond donors (Lipinski definition) is 1. The van der Waals surface area contributed by atoms with Gasteiger partial charge in [-0.05, 0) is 31.2 Å². The molecule has 2 rings (SSSR count). The van der Waals surface area contributed by atoms with Crippen LogP contribution in [0.3, 0.4) is 0 Å². The molecular weight excluding hydrogens is 256 g/mol. The first-order valence-electron chi connectivity index (χ1n) is 6.04. The Kier molecular flexibility index (Phi) is 4.18. The maximum atomic E-state index is 9.39. The van der Waals surface area contributed by atoms with Gasteiger partial charge in [-0.25, -0.2) is 0 Å². The molecule has 102 valence electrons. The smallest absolute Gasteiger partial charge is 0.169 e. The number of nitriles is 1. The van der Waals surface area contributed by atoms with E-state index in [9.17, 15) is 5.11 Å². The van der Waals surface area contributed by atoms with E-state index in [0.717, 1.165) is 0 Å². The van der Waals surface area contributed by atoms with Gasteiger partial charge in [0, 0.05) is 6.07 Å². The molecule has 0 unspecified atom stereocenters. The van der Waals surface area contributed by atoms with Crippen LogP contribution in [0.2, 0.25) is 0 Å². The third kappa shape index (κ3) is 3.05. The summed E-state index contributed by atoms with van der Waals surface area (Å²) >= 11 is 0. The molecule has 0 fully saturated rings. The van der Waals surface area contributed by atoms with Crippen molar-refractivity contribution in [2.24, 2.45) is 0 Å². The highest BCUT2D eigenvalue weighted by Crippen LogP contribution is 2.32. The number of aliphatic hydroxyl groups excluding tert-OH is 1. The molecule has 5 heteroatoms. The van der Waals surface area contributed by atoms with E-state index < -0.39 is 6.10 Å². The fourth-order valence-corrected chi connectivity index (χ4v) is 1.65. The lowest BCUT2D eigenvalue weighted by Gasteiger charge is -2.11. The average Bonchev–Trinajstić information content (AvgIpc) is 2.48. The first-order chi connectivity index (χ1) is 9.63. The lowest BCUT2D eigenvalue weighted by atomic mass is 10.2. The molecule has 0 amide bonds. The highest BCUT2D eigenvalue weighted by molar-refractivity contribution is 5.48. The van der Waals surface area contributed by atoms with Gasteiger partial charge in [-0.15, -0.1) is 0 Å². The van der Waals surface area contributed by atoms with Gasteiger partial charge >= 0.3 is 0 Å². The van der Waals surface area contributed by atoms with Crippen LogP contribution in [0.1, 0.15) is 24.3 Å². The Morgan fingerprint density at radius 3 is 2.60 bits per heavy atom. The highest BCUT2D eigenvalue weighted by atomic mass is 16.5. The molecule has 0 saturated carbocycles. The van der Waals surface area contributed by atoms with Crippen molar-refractivity contribution in [2.45, 2.75) is 13.0 Å². The summed E-state index contributed by atoms with van der Waals surface area (Å²) in [5.74, 6) is 1.50. The normalized spacial score (nSPS) is 11.5. The second-order valence-corrected chi connectivity index (χ2v) is 4.17. The summed E-state index contributed by atoms with van der Waals surface area (Å²) in [6.07, 6.45) is 0.910. The number of nitrogens with zero attached hydrogens (tertiary/aromatic N) is 2. The van der Waals surface area contributed by atoms with Crippen molar-refractivity contribution in [1.29, 1.82) is 5.26 Å². The highest BCUT2D eigenvalue weighted by Gasteiger charge is 2.08. The van der Waals surface area contributed by atoms with Gasteiger partial charge in [0.05, 0.1) is 36.7 Å². The molecule has 0 aliphatic rings. The lowest BCUT2D eigenvalue weighted by Crippen LogP contribution is -1.96. The van der Waals surface area contributed by atoms with Crippen LogP contribution >= 0.6 is 0 Å². The molecule has 0 aliphatic heterocycles. The second kappa shape index (κ2) is 6.04. The fraction of sp³-hybridized carbons (Fsp3) is 0.200. The van der Waals surface area contributed by atoms with E-state index in [0.29, 0.717) is 28.5 Å². The molecule has 1 aromatic heterocycles. The Hall–Kier alpha value is -2.58. The van der Waals surface area contributed by atoms with Crippen molar-refractivity contribution >= 4 is 0 Å². The number of aliphatic hydroxyl groups is 1. The molecule has 5 nitrogen and oxygen atoms in total. The van der Waals surface area contributed by atoms with Gasteiger partial charge in [0.25, 0.3) is 0 Å². The molecule has 1 N–H and O–H groups in total. The van der Waals surface area contributed by atoms with Gasteiger partial charge in [-0.3, -0.25) is 4.98 Å². The van der Waals surface area contributed by atoms with E-state index in [1.54, 1.807) is 37.3 Å². The van der Waals surface area contributed by atoms with Crippen LogP contribution in [0.5, 0.6) is 17.2 Å². The molecule has 1 heterocycles. The topological polar surface area (TPSA) is 75.4 Å². The summed E-state index contributed by atoms with van der Waals surface area (Å²) in [6.45, 7) is 1.65. The summed E-state index contributed by atoms with van der Waals surface area (Å²) < 4.78 is 10.8. The molecule has 0 spiro atoms. The van der Waals surface area contributed by atoms with Gasteiger partial charge in [0.15, 0.2) is 11.5 Å². The third-order valence-corrected chi connectivity index (χ3v) is 2.71. The van der Waals surface area contributed by atoms with Crippen molar-refractivity contribution in [1.82, 2.24) is 4.98 Å². The second-order valence-electron chi connectivity index (χ2n) is 4.17. The number of aromatic nitrogens is 1. The maximum Gasteiger partial charge on any atom is 0.169 e. The van der Waals surface area contributed by atoms with Crippen LogP contribution in [0.15, 0.2) is 36.5 Å².